The van der Waals surface area contributed by atoms with Gasteiger partial charge >= 0.3 is 0 Å². The molecule has 0 bridgehead atoms. The van der Waals surface area contributed by atoms with Crippen LogP contribution in [-0.2, 0) is 16.9 Å². The van der Waals surface area contributed by atoms with E-state index in [1.807, 2.05) is 0 Å². The van der Waals surface area contributed by atoms with Crippen molar-refractivity contribution < 1.29 is 4.74 Å². The molecular weight excluding hydrogens is 318 g/mol. The van der Waals surface area contributed by atoms with E-state index in [-0.39, 0.29) is 6.10 Å². The van der Waals surface area contributed by atoms with Gasteiger partial charge in [0.15, 0.2) is 5.82 Å². The number of thiazole rings is 1. The summed E-state index contributed by atoms with van der Waals surface area (Å²) in [4.78, 5) is 4.62. The van der Waals surface area contributed by atoms with Crippen LogP contribution in [0.2, 0.25) is 0 Å². The number of nitrogen functional groups attached to an aromatic ring is 1. The number of hydrogen-bond donors (Lipinski definition) is 1. The molecule has 0 saturated carbocycles. The van der Waals surface area contributed by atoms with Crippen molar-refractivity contribution in [3.63, 3.8) is 0 Å². The highest BCUT2D eigenvalue weighted by atomic mass is 32.2. The van der Waals surface area contributed by atoms with Crippen molar-refractivity contribution >= 4 is 23.1 Å². The molecule has 120 valence electrons. The largest absolute Gasteiger partial charge is 0.370 e. The van der Waals surface area contributed by atoms with Crippen molar-refractivity contribution in [3.05, 3.63) is 21.9 Å². The van der Waals surface area contributed by atoms with E-state index in [1.54, 1.807) is 27.8 Å². The topological polar surface area (TPSA) is 78.9 Å². The van der Waals surface area contributed by atoms with E-state index >= 15 is 0 Å². The fourth-order valence-electron chi connectivity index (χ4n) is 2.43. The Morgan fingerprint density at radius 1 is 1.45 bits per heavy atom. The number of hydrogen-bond acceptors (Lipinski definition) is 7. The minimum atomic E-state index is -0.0176. The number of thioether (sulfide) groups is 1. The zero-order valence-corrected chi connectivity index (χ0v) is 14.3. The van der Waals surface area contributed by atoms with Crippen molar-refractivity contribution in [1.82, 2.24) is 19.9 Å². The fraction of sp³-hybridized carbons (Fsp3) is 0.643. The van der Waals surface area contributed by atoms with Crippen LogP contribution in [0.15, 0.2) is 10.5 Å². The van der Waals surface area contributed by atoms with Crippen LogP contribution in [0.5, 0.6) is 0 Å². The van der Waals surface area contributed by atoms with Gasteiger partial charge in [0.1, 0.15) is 6.10 Å². The van der Waals surface area contributed by atoms with E-state index in [1.165, 1.54) is 5.01 Å². The molecule has 0 spiro atoms. The van der Waals surface area contributed by atoms with Crippen LogP contribution in [0.25, 0.3) is 0 Å². The van der Waals surface area contributed by atoms with Gasteiger partial charge in [-0.25, -0.2) is 9.66 Å². The lowest BCUT2D eigenvalue weighted by Gasteiger charge is -2.21. The van der Waals surface area contributed by atoms with Crippen molar-refractivity contribution in [2.75, 3.05) is 12.4 Å². The second-order valence-corrected chi connectivity index (χ2v) is 7.22. The lowest BCUT2D eigenvalue weighted by atomic mass is 10.1. The summed E-state index contributed by atoms with van der Waals surface area (Å²) in [5.41, 5.74) is 1.08. The second kappa shape index (κ2) is 7.43. The molecule has 2 aromatic rings. The molecule has 1 aliphatic heterocycles. The molecule has 2 N–H and O–H groups in total. The van der Waals surface area contributed by atoms with Crippen molar-refractivity contribution in [2.45, 2.75) is 56.0 Å². The van der Waals surface area contributed by atoms with Gasteiger partial charge in [-0.05, 0) is 32.1 Å². The number of ether oxygens (including phenoxy) is 1. The van der Waals surface area contributed by atoms with Gasteiger partial charge in [0.05, 0.1) is 10.7 Å². The van der Waals surface area contributed by atoms with Gasteiger partial charge in [-0.15, -0.1) is 21.5 Å². The number of nitrogens with zero attached hydrogens (tertiary/aromatic N) is 4. The predicted octanol–water partition coefficient (Wildman–Crippen LogP) is 2.93. The number of rotatable bonds is 6. The fourth-order valence-corrected chi connectivity index (χ4v) is 4.19. The molecule has 0 radical (unpaired) electrons. The second-order valence-electron chi connectivity index (χ2n) is 5.34. The van der Waals surface area contributed by atoms with E-state index in [9.17, 15) is 0 Å². The van der Waals surface area contributed by atoms with E-state index in [2.05, 4.69) is 27.5 Å². The molecule has 0 aromatic carbocycles. The minimum absolute atomic E-state index is 0.0176. The van der Waals surface area contributed by atoms with Crippen LogP contribution >= 0.6 is 23.1 Å². The van der Waals surface area contributed by atoms with Gasteiger partial charge < -0.3 is 10.6 Å². The number of aromatic nitrogens is 4. The van der Waals surface area contributed by atoms with Gasteiger partial charge in [-0.1, -0.05) is 18.7 Å². The highest BCUT2D eigenvalue weighted by Crippen LogP contribution is 2.29. The predicted molar refractivity (Wildman–Crippen MR) is 88.4 cm³/mol. The summed E-state index contributed by atoms with van der Waals surface area (Å²) in [6, 6.07) is 0. The number of aryl methyl sites for hydroxylation is 1. The molecule has 0 amide bonds. The van der Waals surface area contributed by atoms with Crippen LogP contribution in [0, 0.1) is 0 Å². The Morgan fingerprint density at radius 2 is 2.36 bits per heavy atom. The Morgan fingerprint density at radius 3 is 3.14 bits per heavy atom. The summed E-state index contributed by atoms with van der Waals surface area (Å²) < 4.78 is 7.30. The molecule has 8 heteroatoms. The lowest BCUT2D eigenvalue weighted by Crippen LogP contribution is -2.21. The first-order chi connectivity index (χ1) is 10.8. The molecule has 1 saturated heterocycles. The highest BCUT2D eigenvalue weighted by Gasteiger charge is 2.23. The van der Waals surface area contributed by atoms with Crippen LogP contribution in [-0.4, -0.2) is 26.5 Å². The van der Waals surface area contributed by atoms with Crippen molar-refractivity contribution in [3.8, 4) is 0 Å². The maximum Gasteiger partial charge on any atom is 0.210 e. The first-order valence-electron chi connectivity index (χ1n) is 7.66. The Bertz CT molecular complexity index is 606. The van der Waals surface area contributed by atoms with E-state index < -0.39 is 0 Å². The molecule has 3 heterocycles. The van der Waals surface area contributed by atoms with Gasteiger partial charge in [-0.2, -0.15) is 0 Å². The molecule has 0 unspecified atom stereocenters. The third-order valence-electron chi connectivity index (χ3n) is 3.57. The van der Waals surface area contributed by atoms with Crippen LogP contribution < -0.4 is 5.84 Å². The van der Waals surface area contributed by atoms with Crippen molar-refractivity contribution in [1.29, 1.82) is 0 Å². The standard InChI is InChI=1S/C14H21N5OS2/c1-2-5-12-16-10(8-21-12)9-22-14-18-17-13(19(14)15)11-6-3-4-7-20-11/h8,11H,2-7,9,15H2,1H3/t11-/m1/s1. The molecular formula is C14H21N5OS2. The van der Waals surface area contributed by atoms with Gasteiger partial charge in [0.25, 0.3) is 0 Å². The third kappa shape index (κ3) is 3.61. The minimum Gasteiger partial charge on any atom is -0.370 e. The summed E-state index contributed by atoms with van der Waals surface area (Å²) in [7, 11) is 0. The average Bonchev–Trinajstić information content (AvgIpc) is 3.13. The smallest absolute Gasteiger partial charge is 0.210 e. The first-order valence-corrected chi connectivity index (χ1v) is 9.52. The van der Waals surface area contributed by atoms with E-state index in [0.717, 1.165) is 56.0 Å². The quantitative estimate of drug-likeness (QED) is 0.644. The maximum atomic E-state index is 6.12. The summed E-state index contributed by atoms with van der Waals surface area (Å²) in [5, 5.41) is 12.4. The third-order valence-corrected chi connectivity index (χ3v) is 5.50. The SMILES string of the molecule is CCCc1nc(CSc2nnc([C@H]3CCCCO3)n2N)cs1. The Balaban J connectivity index is 1.61. The average molecular weight is 339 g/mol. The molecule has 1 aliphatic rings. The highest BCUT2D eigenvalue weighted by molar-refractivity contribution is 7.98. The van der Waals surface area contributed by atoms with E-state index in [4.69, 9.17) is 10.6 Å². The van der Waals surface area contributed by atoms with Crippen LogP contribution in [0.4, 0.5) is 0 Å². The van der Waals surface area contributed by atoms with Crippen LogP contribution in [0.1, 0.15) is 55.2 Å². The van der Waals surface area contributed by atoms with Gasteiger partial charge in [0, 0.05) is 17.7 Å². The van der Waals surface area contributed by atoms with Gasteiger partial charge in [-0.3, -0.25) is 0 Å². The summed E-state index contributed by atoms with van der Waals surface area (Å²) in [6.07, 6.45) is 5.38. The maximum absolute atomic E-state index is 6.12. The molecule has 0 aliphatic carbocycles. The Labute approximate surface area is 138 Å². The van der Waals surface area contributed by atoms with Crippen molar-refractivity contribution in [2.24, 2.45) is 0 Å². The molecule has 2 aromatic heterocycles. The molecule has 1 fully saturated rings. The Kier molecular flexibility index (Phi) is 5.32. The molecule has 3 rings (SSSR count). The Hall–Kier alpha value is -1.12. The first kappa shape index (κ1) is 15.8. The normalized spacial score (nSPS) is 18.7. The zero-order chi connectivity index (χ0) is 15.4. The monoisotopic (exact) mass is 339 g/mol. The lowest BCUT2D eigenvalue weighted by molar-refractivity contribution is 0.00780. The summed E-state index contributed by atoms with van der Waals surface area (Å²) in [5.74, 6) is 7.62. The van der Waals surface area contributed by atoms with Crippen LogP contribution in [0.3, 0.4) is 0 Å². The molecule has 22 heavy (non-hydrogen) atoms. The summed E-state index contributed by atoms with van der Waals surface area (Å²) in [6.45, 7) is 2.95. The van der Waals surface area contributed by atoms with Gasteiger partial charge in [0.2, 0.25) is 5.16 Å². The van der Waals surface area contributed by atoms with E-state index in [0.29, 0.717) is 5.16 Å². The molecule has 1 atom stereocenters. The number of nitrogens with two attached hydrogens (primary N) is 1. The summed E-state index contributed by atoms with van der Waals surface area (Å²) >= 11 is 3.29. The molecule has 6 nitrogen and oxygen atoms in total. The zero-order valence-electron chi connectivity index (χ0n) is 12.7.